The van der Waals surface area contributed by atoms with Gasteiger partial charge in [0.15, 0.2) is 11.6 Å². The minimum absolute atomic E-state index is 0.0587. The molecule has 2 nitrogen and oxygen atoms in total. The van der Waals surface area contributed by atoms with Crippen LogP contribution in [0.3, 0.4) is 0 Å². The summed E-state index contributed by atoms with van der Waals surface area (Å²) in [5.41, 5.74) is 0.0587. The molecule has 2 rings (SSSR count). The zero-order chi connectivity index (χ0) is 14.5. The zero-order valence-electron chi connectivity index (χ0n) is 11.7. The molecule has 5 heteroatoms. The molecule has 20 heavy (non-hydrogen) atoms. The van der Waals surface area contributed by atoms with Crippen LogP contribution in [0.5, 0.6) is 0 Å². The summed E-state index contributed by atoms with van der Waals surface area (Å²) in [5, 5.41) is 10.7. The van der Waals surface area contributed by atoms with Gasteiger partial charge in [-0.1, -0.05) is 19.1 Å². The van der Waals surface area contributed by atoms with Crippen molar-refractivity contribution in [2.24, 2.45) is 0 Å². The molecule has 0 saturated carbocycles. The molecule has 0 radical (unpaired) electrons. The Morgan fingerprint density at radius 3 is 3.00 bits per heavy atom. The van der Waals surface area contributed by atoms with E-state index in [0.717, 1.165) is 31.3 Å². The van der Waals surface area contributed by atoms with Crippen molar-refractivity contribution in [3.05, 3.63) is 35.4 Å². The molecular formula is C15H21F2NOS. The molecular weight excluding hydrogens is 280 g/mol. The summed E-state index contributed by atoms with van der Waals surface area (Å²) >= 11 is 1.99. The highest BCUT2D eigenvalue weighted by Gasteiger charge is 2.21. The van der Waals surface area contributed by atoms with E-state index >= 15 is 0 Å². The molecule has 1 aromatic carbocycles. The number of benzene rings is 1. The molecule has 2 unspecified atom stereocenters. The van der Waals surface area contributed by atoms with Gasteiger partial charge in [-0.2, -0.15) is 11.8 Å². The molecule has 2 atom stereocenters. The summed E-state index contributed by atoms with van der Waals surface area (Å²) in [4.78, 5) is 2.30. The normalized spacial score (nSPS) is 21.9. The second-order valence-corrected chi connectivity index (χ2v) is 6.56. The zero-order valence-corrected chi connectivity index (χ0v) is 12.5. The Morgan fingerprint density at radius 2 is 2.25 bits per heavy atom. The SMILES string of the molecule is CCC1CN(CCC(O)c2cccc(F)c2F)CCS1. The van der Waals surface area contributed by atoms with Crippen molar-refractivity contribution >= 4 is 11.8 Å². The highest BCUT2D eigenvalue weighted by Crippen LogP contribution is 2.24. The lowest BCUT2D eigenvalue weighted by atomic mass is 10.1. The molecule has 1 N–H and O–H groups in total. The first kappa shape index (κ1) is 15.7. The van der Waals surface area contributed by atoms with Crippen LogP contribution in [-0.2, 0) is 0 Å². The maximum Gasteiger partial charge on any atom is 0.164 e. The number of rotatable bonds is 5. The summed E-state index contributed by atoms with van der Waals surface area (Å²) in [7, 11) is 0. The van der Waals surface area contributed by atoms with E-state index in [4.69, 9.17) is 0 Å². The monoisotopic (exact) mass is 301 g/mol. The fourth-order valence-corrected chi connectivity index (χ4v) is 3.72. The van der Waals surface area contributed by atoms with Gasteiger partial charge < -0.3 is 10.0 Å². The van der Waals surface area contributed by atoms with E-state index in [-0.39, 0.29) is 5.56 Å². The predicted molar refractivity (Wildman–Crippen MR) is 78.9 cm³/mol. The molecule has 1 saturated heterocycles. The van der Waals surface area contributed by atoms with Crippen molar-refractivity contribution in [2.75, 3.05) is 25.4 Å². The average Bonchev–Trinajstić information content (AvgIpc) is 2.48. The molecule has 0 aromatic heterocycles. The van der Waals surface area contributed by atoms with Crippen molar-refractivity contribution in [2.45, 2.75) is 31.1 Å². The summed E-state index contributed by atoms with van der Waals surface area (Å²) < 4.78 is 26.7. The van der Waals surface area contributed by atoms with Crippen LogP contribution in [0.15, 0.2) is 18.2 Å². The third kappa shape index (κ3) is 3.93. The summed E-state index contributed by atoms with van der Waals surface area (Å²) in [6.45, 7) is 4.91. The van der Waals surface area contributed by atoms with Gasteiger partial charge in [0, 0.05) is 36.2 Å². The summed E-state index contributed by atoms with van der Waals surface area (Å²) in [5.74, 6) is -0.731. The van der Waals surface area contributed by atoms with Gasteiger partial charge in [-0.3, -0.25) is 0 Å². The molecule has 0 bridgehead atoms. The molecule has 1 aliphatic heterocycles. The van der Waals surface area contributed by atoms with E-state index in [2.05, 4.69) is 11.8 Å². The first-order chi connectivity index (χ1) is 9.61. The van der Waals surface area contributed by atoms with Crippen molar-refractivity contribution in [1.29, 1.82) is 0 Å². The van der Waals surface area contributed by atoms with Gasteiger partial charge in [0.05, 0.1) is 6.10 Å². The summed E-state index contributed by atoms with van der Waals surface area (Å²) in [6, 6.07) is 3.95. The standard InChI is InChI=1S/C15H21F2NOS/c1-2-11-10-18(8-9-20-11)7-6-14(19)12-4-3-5-13(16)15(12)17/h3-5,11,14,19H,2,6-10H2,1H3. The minimum atomic E-state index is -0.944. The topological polar surface area (TPSA) is 23.5 Å². The molecule has 1 aromatic rings. The number of aliphatic hydroxyl groups is 1. The highest BCUT2D eigenvalue weighted by molar-refractivity contribution is 8.00. The third-order valence-electron chi connectivity index (χ3n) is 3.74. The van der Waals surface area contributed by atoms with Gasteiger partial charge in [-0.25, -0.2) is 8.78 Å². The molecule has 0 spiro atoms. The number of thioether (sulfide) groups is 1. The van der Waals surface area contributed by atoms with Gasteiger partial charge in [0.1, 0.15) is 0 Å². The van der Waals surface area contributed by atoms with Gasteiger partial charge in [-0.15, -0.1) is 0 Å². The smallest absolute Gasteiger partial charge is 0.164 e. The van der Waals surface area contributed by atoms with E-state index in [0.29, 0.717) is 18.2 Å². The molecule has 0 aliphatic carbocycles. The lowest BCUT2D eigenvalue weighted by Gasteiger charge is -2.32. The van der Waals surface area contributed by atoms with Crippen LogP contribution in [0, 0.1) is 11.6 Å². The van der Waals surface area contributed by atoms with Crippen LogP contribution in [0.25, 0.3) is 0 Å². The van der Waals surface area contributed by atoms with Crippen LogP contribution >= 0.6 is 11.8 Å². The van der Waals surface area contributed by atoms with Crippen LogP contribution in [0.2, 0.25) is 0 Å². The van der Waals surface area contributed by atoms with E-state index in [1.54, 1.807) is 0 Å². The minimum Gasteiger partial charge on any atom is -0.388 e. The Kier molecular flexibility index (Phi) is 5.81. The van der Waals surface area contributed by atoms with Crippen LogP contribution in [0.4, 0.5) is 8.78 Å². The Hall–Kier alpha value is -0.650. The molecule has 1 aliphatic rings. The Bertz CT molecular complexity index is 444. The summed E-state index contributed by atoms with van der Waals surface area (Å²) in [6.07, 6.45) is 0.629. The predicted octanol–water partition coefficient (Wildman–Crippen LogP) is 3.22. The fraction of sp³-hybridized carbons (Fsp3) is 0.600. The van der Waals surface area contributed by atoms with E-state index in [1.165, 1.54) is 12.1 Å². The van der Waals surface area contributed by atoms with Crippen LogP contribution < -0.4 is 0 Å². The van der Waals surface area contributed by atoms with Crippen molar-refractivity contribution < 1.29 is 13.9 Å². The lowest BCUT2D eigenvalue weighted by Crippen LogP contribution is -2.38. The average molecular weight is 301 g/mol. The highest BCUT2D eigenvalue weighted by atomic mass is 32.2. The Balaban J connectivity index is 1.88. The Labute approximate surface area is 123 Å². The number of nitrogens with zero attached hydrogens (tertiary/aromatic N) is 1. The first-order valence-corrected chi connectivity index (χ1v) is 8.12. The van der Waals surface area contributed by atoms with Crippen molar-refractivity contribution in [1.82, 2.24) is 4.90 Å². The Morgan fingerprint density at radius 1 is 1.45 bits per heavy atom. The third-order valence-corrected chi connectivity index (χ3v) is 5.11. The van der Waals surface area contributed by atoms with Gasteiger partial charge in [0.2, 0.25) is 0 Å². The molecule has 112 valence electrons. The second kappa shape index (κ2) is 7.38. The van der Waals surface area contributed by atoms with Crippen molar-refractivity contribution in [3.63, 3.8) is 0 Å². The maximum atomic E-state index is 13.6. The number of hydrogen-bond acceptors (Lipinski definition) is 3. The maximum absolute atomic E-state index is 13.6. The van der Waals surface area contributed by atoms with Crippen molar-refractivity contribution in [3.8, 4) is 0 Å². The van der Waals surface area contributed by atoms with E-state index in [1.807, 2.05) is 11.8 Å². The number of hydrogen-bond donors (Lipinski definition) is 1. The van der Waals surface area contributed by atoms with Gasteiger partial charge in [0.25, 0.3) is 0 Å². The van der Waals surface area contributed by atoms with Gasteiger partial charge >= 0.3 is 0 Å². The largest absolute Gasteiger partial charge is 0.388 e. The van der Waals surface area contributed by atoms with Crippen LogP contribution in [-0.4, -0.2) is 40.6 Å². The fourth-order valence-electron chi connectivity index (χ4n) is 2.47. The number of halogens is 2. The molecule has 1 fully saturated rings. The molecule has 0 amide bonds. The number of aliphatic hydroxyl groups excluding tert-OH is 1. The van der Waals surface area contributed by atoms with Crippen LogP contribution in [0.1, 0.15) is 31.4 Å². The van der Waals surface area contributed by atoms with E-state index < -0.39 is 17.7 Å². The first-order valence-electron chi connectivity index (χ1n) is 7.07. The molecule has 1 heterocycles. The van der Waals surface area contributed by atoms with E-state index in [9.17, 15) is 13.9 Å². The quantitative estimate of drug-likeness (QED) is 0.903. The second-order valence-electron chi connectivity index (χ2n) is 5.15. The van der Waals surface area contributed by atoms with Gasteiger partial charge in [-0.05, 0) is 18.9 Å². The lowest BCUT2D eigenvalue weighted by molar-refractivity contribution is 0.138.